The summed E-state index contributed by atoms with van der Waals surface area (Å²) >= 11 is 1.31. The third kappa shape index (κ3) is 5.00. The van der Waals surface area contributed by atoms with Crippen LogP contribution < -0.4 is 15.4 Å². The lowest BCUT2D eigenvalue weighted by atomic mass is 10.2. The SMILES string of the molecule is Cc1ccc(C(=O)NCC(=O)OCC(=O)N2CCc3cc(S(N)(=O)=O)ccc32)s1. The van der Waals surface area contributed by atoms with Gasteiger partial charge in [-0.2, -0.15) is 0 Å². The van der Waals surface area contributed by atoms with E-state index in [2.05, 4.69) is 5.32 Å². The number of esters is 1. The first-order chi connectivity index (χ1) is 13.6. The lowest BCUT2D eigenvalue weighted by Gasteiger charge is -2.17. The maximum Gasteiger partial charge on any atom is 0.325 e. The van der Waals surface area contributed by atoms with Gasteiger partial charge in [0, 0.05) is 17.1 Å². The standard InChI is InChI=1S/C18H19N3O6S2/c1-11-2-5-15(28-11)18(24)20-9-17(23)27-10-16(22)21-7-6-12-8-13(29(19,25)26)3-4-14(12)21/h2-5,8H,6-7,9-10H2,1H3,(H,20,24)(H2,19,25,26). The topological polar surface area (TPSA) is 136 Å². The van der Waals surface area contributed by atoms with Crippen LogP contribution in [0.25, 0.3) is 0 Å². The normalized spacial score (nSPS) is 13.1. The maximum atomic E-state index is 12.4. The molecule has 154 valence electrons. The number of carbonyl (C=O) groups is 3. The first kappa shape index (κ1) is 21.0. The van der Waals surface area contributed by atoms with E-state index in [0.29, 0.717) is 29.1 Å². The molecule has 0 radical (unpaired) electrons. The fourth-order valence-corrected chi connectivity index (χ4v) is 4.23. The highest BCUT2D eigenvalue weighted by Gasteiger charge is 2.26. The lowest BCUT2D eigenvalue weighted by Crippen LogP contribution is -2.35. The van der Waals surface area contributed by atoms with E-state index in [1.807, 2.05) is 6.92 Å². The van der Waals surface area contributed by atoms with Crippen LogP contribution in [0.15, 0.2) is 35.2 Å². The number of benzene rings is 1. The van der Waals surface area contributed by atoms with Crippen molar-refractivity contribution in [2.75, 3.05) is 24.6 Å². The molecule has 0 atom stereocenters. The van der Waals surface area contributed by atoms with E-state index in [1.165, 1.54) is 34.4 Å². The highest BCUT2D eigenvalue weighted by molar-refractivity contribution is 7.89. The minimum absolute atomic E-state index is 0.0198. The third-order valence-corrected chi connectivity index (χ3v) is 6.20. The average molecular weight is 437 g/mol. The van der Waals surface area contributed by atoms with Crippen molar-refractivity contribution >= 4 is 44.8 Å². The Balaban J connectivity index is 1.51. The molecular formula is C18H19N3O6S2. The summed E-state index contributed by atoms with van der Waals surface area (Å²) in [6.07, 6.45) is 0.467. The molecular weight excluding hydrogens is 418 g/mol. The second-order valence-corrected chi connectivity index (χ2v) is 9.23. The Morgan fingerprint density at radius 1 is 1.24 bits per heavy atom. The van der Waals surface area contributed by atoms with Gasteiger partial charge in [-0.1, -0.05) is 0 Å². The Bertz CT molecular complexity index is 1080. The largest absolute Gasteiger partial charge is 0.454 e. The summed E-state index contributed by atoms with van der Waals surface area (Å²) in [5.41, 5.74) is 1.23. The quantitative estimate of drug-likeness (QED) is 0.634. The lowest BCUT2D eigenvalue weighted by molar-refractivity contribution is -0.146. The van der Waals surface area contributed by atoms with E-state index < -0.39 is 28.5 Å². The van der Waals surface area contributed by atoms with Crippen molar-refractivity contribution < 1.29 is 27.5 Å². The van der Waals surface area contributed by atoms with Crippen molar-refractivity contribution in [3.8, 4) is 0 Å². The van der Waals surface area contributed by atoms with Gasteiger partial charge in [0.25, 0.3) is 11.8 Å². The first-order valence-corrected chi connectivity index (χ1v) is 11.0. The Kier molecular flexibility index (Phi) is 6.01. The van der Waals surface area contributed by atoms with Gasteiger partial charge in [0.2, 0.25) is 10.0 Å². The maximum absolute atomic E-state index is 12.4. The number of hydrogen-bond donors (Lipinski definition) is 2. The Morgan fingerprint density at radius 3 is 2.66 bits per heavy atom. The van der Waals surface area contributed by atoms with Gasteiger partial charge in [-0.3, -0.25) is 14.4 Å². The number of carbonyl (C=O) groups excluding carboxylic acids is 3. The predicted octanol–water partition coefficient (Wildman–Crippen LogP) is 0.566. The second kappa shape index (κ2) is 8.31. The molecule has 1 aromatic carbocycles. The molecule has 9 nitrogen and oxygen atoms in total. The van der Waals surface area contributed by atoms with Gasteiger partial charge in [0.1, 0.15) is 6.54 Å². The third-order valence-electron chi connectivity index (χ3n) is 4.29. The monoisotopic (exact) mass is 437 g/mol. The smallest absolute Gasteiger partial charge is 0.325 e. The van der Waals surface area contributed by atoms with Gasteiger partial charge in [-0.25, -0.2) is 13.6 Å². The number of thiophene rings is 1. The van der Waals surface area contributed by atoms with Gasteiger partial charge in [-0.05, 0) is 49.2 Å². The summed E-state index contributed by atoms with van der Waals surface area (Å²) in [5.74, 6) is -1.56. The second-order valence-electron chi connectivity index (χ2n) is 6.38. The summed E-state index contributed by atoms with van der Waals surface area (Å²) in [7, 11) is -3.82. The molecule has 0 fully saturated rings. The number of fused-ring (bicyclic) bond motifs is 1. The zero-order chi connectivity index (χ0) is 21.2. The molecule has 1 aromatic heterocycles. The zero-order valence-corrected chi connectivity index (χ0v) is 17.1. The number of rotatable bonds is 6. The van der Waals surface area contributed by atoms with Gasteiger partial charge in [0.15, 0.2) is 6.61 Å². The number of nitrogens with one attached hydrogen (secondary N) is 1. The molecule has 0 aliphatic carbocycles. The Hall–Kier alpha value is -2.76. The number of primary sulfonamides is 1. The number of nitrogens with zero attached hydrogens (tertiary/aromatic N) is 1. The Labute approximate surface area is 171 Å². The average Bonchev–Trinajstić information content (AvgIpc) is 3.29. The van der Waals surface area contributed by atoms with Crippen molar-refractivity contribution in [1.29, 1.82) is 0 Å². The van der Waals surface area contributed by atoms with Crippen LogP contribution in [-0.4, -0.2) is 45.9 Å². The number of sulfonamides is 1. The summed E-state index contributed by atoms with van der Waals surface area (Å²) in [6.45, 7) is 1.38. The van der Waals surface area contributed by atoms with Crippen molar-refractivity contribution in [3.63, 3.8) is 0 Å². The van der Waals surface area contributed by atoms with Gasteiger partial charge >= 0.3 is 5.97 Å². The number of aryl methyl sites for hydroxylation is 1. The highest BCUT2D eigenvalue weighted by Crippen LogP contribution is 2.30. The van der Waals surface area contributed by atoms with E-state index in [9.17, 15) is 22.8 Å². The molecule has 0 unspecified atom stereocenters. The van der Waals surface area contributed by atoms with Gasteiger partial charge < -0.3 is 15.0 Å². The fraction of sp³-hybridized carbons (Fsp3) is 0.278. The fourth-order valence-electron chi connectivity index (χ4n) is 2.88. The molecule has 0 spiro atoms. The number of ether oxygens (including phenoxy) is 1. The number of hydrogen-bond acceptors (Lipinski definition) is 7. The van der Waals surface area contributed by atoms with Gasteiger partial charge in [0.05, 0.1) is 9.77 Å². The molecule has 29 heavy (non-hydrogen) atoms. The summed E-state index contributed by atoms with van der Waals surface area (Å²) in [6, 6.07) is 7.73. The minimum Gasteiger partial charge on any atom is -0.454 e. The first-order valence-electron chi connectivity index (χ1n) is 8.61. The van der Waals surface area contributed by atoms with Crippen LogP contribution in [0.3, 0.4) is 0 Å². The molecule has 3 N–H and O–H groups in total. The number of anilines is 1. The molecule has 3 rings (SSSR count). The molecule has 2 aromatic rings. The molecule has 2 heterocycles. The van der Waals surface area contributed by atoms with Gasteiger partial charge in [-0.15, -0.1) is 11.3 Å². The molecule has 0 saturated heterocycles. The predicted molar refractivity (Wildman–Crippen MR) is 106 cm³/mol. The van der Waals surface area contributed by atoms with Crippen LogP contribution in [0.4, 0.5) is 5.69 Å². The van der Waals surface area contributed by atoms with E-state index in [-0.39, 0.29) is 17.3 Å². The zero-order valence-electron chi connectivity index (χ0n) is 15.5. The molecule has 11 heteroatoms. The van der Waals surface area contributed by atoms with Crippen LogP contribution >= 0.6 is 11.3 Å². The Morgan fingerprint density at radius 2 is 2.00 bits per heavy atom. The van der Waals surface area contributed by atoms with Crippen LogP contribution in [0, 0.1) is 6.92 Å². The summed E-state index contributed by atoms with van der Waals surface area (Å²) in [5, 5.41) is 7.56. The number of amides is 2. The van der Waals surface area contributed by atoms with E-state index in [1.54, 1.807) is 12.1 Å². The van der Waals surface area contributed by atoms with Crippen molar-refractivity contribution in [1.82, 2.24) is 5.32 Å². The minimum atomic E-state index is -3.82. The summed E-state index contributed by atoms with van der Waals surface area (Å²) < 4.78 is 27.8. The van der Waals surface area contributed by atoms with Crippen molar-refractivity contribution in [3.05, 3.63) is 45.6 Å². The molecule has 2 amide bonds. The van der Waals surface area contributed by atoms with Crippen molar-refractivity contribution in [2.24, 2.45) is 5.14 Å². The van der Waals surface area contributed by atoms with Crippen LogP contribution in [-0.2, 0) is 30.8 Å². The highest BCUT2D eigenvalue weighted by atomic mass is 32.2. The van der Waals surface area contributed by atoms with Crippen LogP contribution in [0.1, 0.15) is 20.1 Å². The van der Waals surface area contributed by atoms with E-state index in [4.69, 9.17) is 9.88 Å². The number of nitrogens with two attached hydrogens (primary N) is 1. The molecule has 0 saturated carbocycles. The summed E-state index contributed by atoms with van der Waals surface area (Å²) in [4.78, 5) is 39.0. The van der Waals surface area contributed by atoms with Crippen LogP contribution in [0.2, 0.25) is 0 Å². The molecule has 0 bridgehead atoms. The molecule has 1 aliphatic rings. The van der Waals surface area contributed by atoms with Crippen LogP contribution in [0.5, 0.6) is 0 Å². The molecule has 1 aliphatic heterocycles. The van der Waals surface area contributed by atoms with E-state index in [0.717, 1.165) is 4.88 Å². The van der Waals surface area contributed by atoms with Crippen molar-refractivity contribution in [2.45, 2.75) is 18.2 Å². The van der Waals surface area contributed by atoms with E-state index >= 15 is 0 Å².